The van der Waals surface area contributed by atoms with Crippen LogP contribution in [0.1, 0.15) is 25.3 Å². The van der Waals surface area contributed by atoms with Crippen LogP contribution in [-0.2, 0) is 20.7 Å². The van der Waals surface area contributed by atoms with Gasteiger partial charge in [-0.3, -0.25) is 4.79 Å². The van der Waals surface area contributed by atoms with Gasteiger partial charge in [0.15, 0.2) is 0 Å². The molecular formula is C22H26ClNO3. The number of rotatable bonds is 7. The molecule has 1 saturated carbocycles. The molecule has 2 N–H and O–H groups in total. The summed E-state index contributed by atoms with van der Waals surface area (Å²) in [6.07, 6.45) is 1.86. The van der Waals surface area contributed by atoms with E-state index in [0.29, 0.717) is 32.5 Å². The molecule has 0 spiro atoms. The van der Waals surface area contributed by atoms with E-state index in [1.807, 2.05) is 31.2 Å². The second kappa shape index (κ2) is 8.01. The summed E-state index contributed by atoms with van der Waals surface area (Å²) in [5.41, 5.74) is 8.89. The Bertz CT molecular complexity index is 797. The molecule has 0 amide bonds. The van der Waals surface area contributed by atoms with Crippen molar-refractivity contribution >= 4 is 17.6 Å². The average Bonchev–Trinajstić information content (AvgIpc) is 2.61. The van der Waals surface area contributed by atoms with Crippen molar-refractivity contribution in [2.45, 2.75) is 31.7 Å². The highest BCUT2D eigenvalue weighted by molar-refractivity contribution is 6.30. The molecule has 3 rings (SSSR count). The van der Waals surface area contributed by atoms with Gasteiger partial charge in [-0.05, 0) is 55.0 Å². The molecule has 1 fully saturated rings. The van der Waals surface area contributed by atoms with E-state index in [9.17, 15) is 4.79 Å². The maximum absolute atomic E-state index is 12.3. The predicted octanol–water partition coefficient (Wildman–Crippen LogP) is 4.24. The zero-order valence-corrected chi connectivity index (χ0v) is 16.6. The summed E-state index contributed by atoms with van der Waals surface area (Å²) in [6.45, 7) is 2.53. The van der Waals surface area contributed by atoms with E-state index in [1.54, 1.807) is 7.11 Å². The summed E-state index contributed by atoms with van der Waals surface area (Å²) >= 11 is 6.08. The van der Waals surface area contributed by atoms with Crippen molar-refractivity contribution in [1.29, 1.82) is 0 Å². The fourth-order valence-electron chi connectivity index (χ4n) is 4.18. The number of esters is 1. The van der Waals surface area contributed by atoms with E-state index < -0.39 is 11.0 Å². The topological polar surface area (TPSA) is 61.5 Å². The summed E-state index contributed by atoms with van der Waals surface area (Å²) in [4.78, 5) is 12.3. The molecule has 0 aliphatic heterocycles. The van der Waals surface area contributed by atoms with Gasteiger partial charge in [0.05, 0.1) is 18.6 Å². The maximum Gasteiger partial charge on any atom is 0.314 e. The number of nitrogens with two attached hydrogens (primary N) is 1. The third-order valence-electron chi connectivity index (χ3n) is 5.18. The largest absolute Gasteiger partial charge is 0.465 e. The molecule has 0 heterocycles. The molecule has 1 aliphatic rings. The lowest BCUT2D eigenvalue weighted by molar-refractivity contribution is -0.172. The molecule has 0 atom stereocenters. The number of methoxy groups -OCH3 is 1. The minimum absolute atomic E-state index is 0.204. The normalized spacial score (nSPS) is 24.3. The third-order valence-corrected chi connectivity index (χ3v) is 5.41. The summed E-state index contributed by atoms with van der Waals surface area (Å²) in [7, 11) is 1.60. The van der Waals surface area contributed by atoms with Gasteiger partial charge >= 0.3 is 5.97 Å². The number of hydrogen-bond donors (Lipinski definition) is 1. The van der Waals surface area contributed by atoms with Crippen LogP contribution in [0.4, 0.5) is 0 Å². The first-order chi connectivity index (χ1) is 12.9. The van der Waals surface area contributed by atoms with Gasteiger partial charge in [0.25, 0.3) is 0 Å². The third kappa shape index (κ3) is 4.34. The molecule has 27 heavy (non-hydrogen) atoms. The van der Waals surface area contributed by atoms with Crippen LogP contribution in [0.15, 0.2) is 48.5 Å². The van der Waals surface area contributed by atoms with Gasteiger partial charge in [0.1, 0.15) is 0 Å². The van der Waals surface area contributed by atoms with Crippen LogP contribution in [0.3, 0.4) is 0 Å². The Morgan fingerprint density at radius 2 is 1.85 bits per heavy atom. The van der Waals surface area contributed by atoms with Crippen LogP contribution in [0.25, 0.3) is 11.1 Å². The van der Waals surface area contributed by atoms with E-state index in [2.05, 4.69) is 24.3 Å². The van der Waals surface area contributed by atoms with E-state index in [1.165, 1.54) is 0 Å². The Morgan fingerprint density at radius 3 is 2.44 bits per heavy atom. The molecule has 144 valence electrons. The van der Waals surface area contributed by atoms with E-state index in [0.717, 1.165) is 21.7 Å². The molecular weight excluding hydrogens is 362 g/mol. The second-order valence-electron chi connectivity index (χ2n) is 7.53. The number of benzene rings is 2. The molecule has 0 unspecified atom stereocenters. The Hall–Kier alpha value is -1.88. The Labute approximate surface area is 165 Å². The zero-order valence-electron chi connectivity index (χ0n) is 15.8. The molecule has 2 aromatic rings. The lowest BCUT2D eigenvalue weighted by Gasteiger charge is -2.52. The van der Waals surface area contributed by atoms with E-state index in [4.69, 9.17) is 26.8 Å². The van der Waals surface area contributed by atoms with Crippen molar-refractivity contribution < 1.29 is 14.3 Å². The predicted molar refractivity (Wildman–Crippen MR) is 108 cm³/mol. The van der Waals surface area contributed by atoms with E-state index in [-0.39, 0.29) is 5.97 Å². The monoisotopic (exact) mass is 387 g/mol. The summed E-state index contributed by atoms with van der Waals surface area (Å²) in [5, 5.41) is 0.723. The van der Waals surface area contributed by atoms with Gasteiger partial charge in [0.2, 0.25) is 0 Å². The van der Waals surface area contributed by atoms with Gasteiger partial charge in [-0.1, -0.05) is 48.0 Å². The SMILES string of the molecule is CCOC(=O)C1(COC)CC(N)(Cc2ccc(-c3cccc(Cl)c3)cc2)C1. The maximum atomic E-state index is 12.3. The molecule has 2 aromatic carbocycles. The number of hydrogen-bond acceptors (Lipinski definition) is 4. The second-order valence-corrected chi connectivity index (χ2v) is 7.97. The summed E-state index contributed by atoms with van der Waals surface area (Å²) in [5.74, 6) is -0.204. The van der Waals surface area contributed by atoms with Crippen molar-refractivity contribution in [1.82, 2.24) is 0 Å². The quantitative estimate of drug-likeness (QED) is 0.722. The van der Waals surface area contributed by atoms with Crippen molar-refractivity contribution in [3.63, 3.8) is 0 Å². The van der Waals surface area contributed by atoms with Gasteiger partial charge in [-0.2, -0.15) is 0 Å². The Kier molecular flexibility index (Phi) is 5.89. The highest BCUT2D eigenvalue weighted by atomic mass is 35.5. The first-order valence-electron chi connectivity index (χ1n) is 9.20. The van der Waals surface area contributed by atoms with Crippen LogP contribution in [-0.4, -0.2) is 31.8 Å². The Balaban J connectivity index is 1.68. The van der Waals surface area contributed by atoms with Crippen LogP contribution in [0.2, 0.25) is 5.02 Å². The van der Waals surface area contributed by atoms with Crippen molar-refractivity contribution in [3.8, 4) is 11.1 Å². The van der Waals surface area contributed by atoms with Crippen LogP contribution in [0, 0.1) is 5.41 Å². The Morgan fingerprint density at radius 1 is 1.15 bits per heavy atom. The molecule has 4 nitrogen and oxygen atoms in total. The van der Waals surface area contributed by atoms with Gasteiger partial charge < -0.3 is 15.2 Å². The molecule has 0 radical (unpaired) electrons. The number of ether oxygens (including phenoxy) is 2. The molecule has 0 saturated heterocycles. The van der Waals surface area contributed by atoms with Gasteiger partial charge in [-0.25, -0.2) is 0 Å². The standard InChI is InChI=1S/C22H26ClNO3/c1-3-27-20(25)21(15-26-2)13-22(24,14-21)12-16-7-9-17(10-8-16)18-5-4-6-19(23)11-18/h4-11H,3,12-15,24H2,1-2H3. The van der Waals surface area contributed by atoms with Crippen molar-refractivity contribution in [3.05, 3.63) is 59.1 Å². The lowest BCUT2D eigenvalue weighted by Crippen LogP contribution is -2.64. The fourth-order valence-corrected chi connectivity index (χ4v) is 4.37. The van der Waals surface area contributed by atoms with Crippen LogP contribution >= 0.6 is 11.6 Å². The number of carbonyl (C=O) groups is 1. The van der Waals surface area contributed by atoms with Gasteiger partial charge in [0, 0.05) is 17.7 Å². The average molecular weight is 388 g/mol. The minimum atomic E-state index is -0.611. The number of carbonyl (C=O) groups excluding carboxylic acids is 1. The fraction of sp³-hybridized carbons (Fsp3) is 0.409. The molecule has 1 aliphatic carbocycles. The first kappa shape index (κ1) is 19.9. The molecule has 0 aromatic heterocycles. The minimum Gasteiger partial charge on any atom is -0.465 e. The van der Waals surface area contributed by atoms with Gasteiger partial charge in [-0.15, -0.1) is 0 Å². The summed E-state index contributed by atoms with van der Waals surface area (Å²) < 4.78 is 10.5. The smallest absolute Gasteiger partial charge is 0.314 e. The first-order valence-corrected chi connectivity index (χ1v) is 9.57. The summed E-state index contributed by atoms with van der Waals surface area (Å²) in [6, 6.07) is 16.1. The van der Waals surface area contributed by atoms with Crippen LogP contribution < -0.4 is 5.73 Å². The van der Waals surface area contributed by atoms with Crippen molar-refractivity contribution in [2.24, 2.45) is 11.1 Å². The highest BCUT2D eigenvalue weighted by Gasteiger charge is 2.58. The molecule has 5 heteroatoms. The highest BCUT2D eigenvalue weighted by Crippen LogP contribution is 2.49. The van der Waals surface area contributed by atoms with E-state index >= 15 is 0 Å². The lowest BCUT2D eigenvalue weighted by atomic mass is 9.56. The molecule has 0 bridgehead atoms. The number of halogens is 1. The van der Waals surface area contributed by atoms with Crippen molar-refractivity contribution in [2.75, 3.05) is 20.3 Å². The van der Waals surface area contributed by atoms with Crippen LogP contribution in [0.5, 0.6) is 0 Å². The zero-order chi connectivity index (χ0) is 19.5.